The number of imidazole rings is 1. The summed E-state index contributed by atoms with van der Waals surface area (Å²) in [5.41, 5.74) is 0.707. The van der Waals surface area contributed by atoms with Crippen LogP contribution in [-0.2, 0) is 24.2 Å². The molecule has 1 amide bonds. The molecule has 0 unspecified atom stereocenters. The molecule has 0 atom stereocenters. The van der Waals surface area contributed by atoms with E-state index < -0.39 is 23.5 Å². The zero-order valence-corrected chi connectivity index (χ0v) is 24.6. The summed E-state index contributed by atoms with van der Waals surface area (Å²) in [5, 5.41) is 0. The normalized spacial score (nSPS) is 15.1. The van der Waals surface area contributed by atoms with Crippen LogP contribution in [0.4, 0.5) is 26.3 Å². The van der Waals surface area contributed by atoms with Crippen LogP contribution < -0.4 is 0 Å². The molecule has 4 nitrogen and oxygen atoms in total. The molecule has 1 aliphatic heterocycles. The lowest BCUT2D eigenvalue weighted by molar-refractivity contribution is -0.143. The highest BCUT2D eigenvalue weighted by Gasteiger charge is 2.37. The first-order valence-electron chi connectivity index (χ1n) is 14.4. The average Bonchev–Trinajstić information content (AvgIpc) is 3.46. The van der Waals surface area contributed by atoms with Crippen LogP contribution in [0.3, 0.4) is 0 Å². The Kier molecular flexibility index (Phi) is 8.39. The molecule has 232 valence electrons. The van der Waals surface area contributed by atoms with Crippen molar-refractivity contribution in [1.29, 1.82) is 0 Å². The molecular formula is C34H33F6N3O. The molecule has 44 heavy (non-hydrogen) atoms. The van der Waals surface area contributed by atoms with Crippen molar-refractivity contribution in [1.82, 2.24) is 14.5 Å². The summed E-state index contributed by atoms with van der Waals surface area (Å²) < 4.78 is 81.6. The van der Waals surface area contributed by atoms with Gasteiger partial charge >= 0.3 is 12.4 Å². The van der Waals surface area contributed by atoms with Gasteiger partial charge < -0.3 is 4.90 Å². The van der Waals surface area contributed by atoms with Crippen LogP contribution in [0.15, 0.2) is 79.3 Å². The van der Waals surface area contributed by atoms with Crippen LogP contribution in [0, 0.1) is 5.92 Å². The number of carbonyl (C=O) groups excluding carboxylic acids is 1. The van der Waals surface area contributed by atoms with Gasteiger partial charge in [0, 0.05) is 18.8 Å². The molecule has 10 heteroatoms. The molecule has 1 aromatic heterocycles. The van der Waals surface area contributed by atoms with Crippen LogP contribution in [0.2, 0.25) is 0 Å². The van der Waals surface area contributed by atoms with Crippen molar-refractivity contribution in [2.24, 2.45) is 5.92 Å². The number of piperidine rings is 1. The van der Waals surface area contributed by atoms with Crippen molar-refractivity contribution in [3.05, 3.63) is 107 Å². The van der Waals surface area contributed by atoms with Crippen molar-refractivity contribution < 1.29 is 31.1 Å². The van der Waals surface area contributed by atoms with E-state index in [1.807, 2.05) is 0 Å². The number of aromatic nitrogens is 2. The van der Waals surface area contributed by atoms with Gasteiger partial charge in [0.15, 0.2) is 0 Å². The number of likely N-dealkylation sites (tertiary alicyclic amines) is 1. The maximum atomic E-state index is 13.5. The molecular weight excluding hydrogens is 580 g/mol. The Labute approximate surface area is 252 Å². The van der Waals surface area contributed by atoms with E-state index in [2.05, 4.69) is 50.0 Å². The average molecular weight is 614 g/mol. The van der Waals surface area contributed by atoms with Gasteiger partial charge in [-0.1, -0.05) is 57.2 Å². The van der Waals surface area contributed by atoms with Crippen LogP contribution in [0.25, 0.3) is 16.8 Å². The summed E-state index contributed by atoms with van der Waals surface area (Å²) in [6, 6.07) is 16.2. The minimum absolute atomic E-state index is 0.0992. The number of alkyl halides is 6. The van der Waals surface area contributed by atoms with Gasteiger partial charge in [-0.2, -0.15) is 26.3 Å². The highest BCUT2D eigenvalue weighted by atomic mass is 19.4. The van der Waals surface area contributed by atoms with Gasteiger partial charge in [-0.25, -0.2) is 4.98 Å². The summed E-state index contributed by atoms with van der Waals surface area (Å²) in [6.45, 7) is 7.76. The number of hydrogen-bond acceptors (Lipinski definition) is 2. The van der Waals surface area contributed by atoms with E-state index in [0.717, 1.165) is 19.3 Å². The number of hydrogen-bond donors (Lipinski definition) is 0. The monoisotopic (exact) mass is 613 g/mol. The van der Waals surface area contributed by atoms with E-state index in [1.54, 1.807) is 21.6 Å². The van der Waals surface area contributed by atoms with E-state index in [1.165, 1.54) is 35.8 Å². The summed E-state index contributed by atoms with van der Waals surface area (Å²) in [6.07, 6.45) is -4.27. The number of carbonyl (C=O) groups is 1. The number of amides is 1. The number of halogens is 6. The van der Waals surface area contributed by atoms with Gasteiger partial charge in [0.05, 0.1) is 23.7 Å². The second-order valence-electron chi connectivity index (χ2n) is 12.4. The molecule has 0 bridgehead atoms. The zero-order chi connectivity index (χ0) is 31.9. The number of rotatable bonds is 5. The van der Waals surface area contributed by atoms with Crippen LogP contribution in [0.5, 0.6) is 0 Å². The smallest absolute Gasteiger partial charge is 0.337 e. The van der Waals surface area contributed by atoms with Crippen LogP contribution in [0.1, 0.15) is 66.4 Å². The van der Waals surface area contributed by atoms with Crippen molar-refractivity contribution in [2.75, 3.05) is 13.1 Å². The van der Waals surface area contributed by atoms with Crippen molar-refractivity contribution >= 4 is 5.91 Å². The number of benzene rings is 3. The van der Waals surface area contributed by atoms with Gasteiger partial charge in [-0.05, 0) is 83.2 Å². The van der Waals surface area contributed by atoms with Gasteiger partial charge in [-0.15, -0.1) is 0 Å². The van der Waals surface area contributed by atoms with Gasteiger partial charge in [0.25, 0.3) is 5.91 Å². The Morgan fingerprint density at radius 1 is 0.773 bits per heavy atom. The maximum absolute atomic E-state index is 13.5. The van der Waals surface area contributed by atoms with E-state index in [-0.39, 0.29) is 28.5 Å². The second kappa shape index (κ2) is 11.8. The molecule has 0 saturated carbocycles. The molecule has 5 rings (SSSR count). The quantitative estimate of drug-likeness (QED) is 0.211. The first-order valence-corrected chi connectivity index (χ1v) is 14.4. The maximum Gasteiger partial charge on any atom is 0.416 e. The third-order valence-corrected chi connectivity index (χ3v) is 8.17. The standard InChI is InChI=1S/C34H33F6N3O/c1-32(2,3)26-8-4-22(5-9-26)16-23-12-14-42(15-13-23)31(44)30-20-41-21-43(30)29-10-6-24(7-11-29)25-17-27(33(35,36)37)19-28(18-25)34(38,39)40/h4-11,17-21,23H,12-16H2,1-3H3. The molecule has 1 saturated heterocycles. The van der Waals surface area contributed by atoms with Crippen molar-refractivity contribution in [2.45, 2.75) is 57.8 Å². The fourth-order valence-electron chi connectivity index (χ4n) is 5.57. The Balaban J connectivity index is 1.27. The lowest BCUT2D eigenvalue weighted by Gasteiger charge is -2.32. The largest absolute Gasteiger partial charge is 0.416 e. The van der Waals surface area contributed by atoms with Gasteiger partial charge in [0.1, 0.15) is 5.69 Å². The first-order chi connectivity index (χ1) is 20.6. The van der Waals surface area contributed by atoms with E-state index >= 15 is 0 Å². The van der Waals surface area contributed by atoms with E-state index in [4.69, 9.17) is 0 Å². The van der Waals surface area contributed by atoms with Crippen molar-refractivity contribution in [3.8, 4) is 16.8 Å². The summed E-state index contributed by atoms with van der Waals surface area (Å²) in [5.74, 6) is 0.276. The summed E-state index contributed by atoms with van der Waals surface area (Å²) in [4.78, 5) is 19.4. The third-order valence-electron chi connectivity index (χ3n) is 8.17. The predicted molar refractivity (Wildman–Crippen MR) is 156 cm³/mol. The molecule has 2 heterocycles. The zero-order valence-electron chi connectivity index (χ0n) is 24.6. The minimum Gasteiger partial charge on any atom is -0.337 e. The van der Waals surface area contributed by atoms with E-state index in [9.17, 15) is 31.1 Å². The van der Waals surface area contributed by atoms with Gasteiger partial charge in [-0.3, -0.25) is 9.36 Å². The SMILES string of the molecule is CC(C)(C)c1ccc(CC2CCN(C(=O)c3cncn3-c3ccc(-c4cc(C(F)(F)F)cc(C(F)(F)F)c4)cc3)CC2)cc1. The molecule has 1 fully saturated rings. The second-order valence-corrected chi connectivity index (χ2v) is 12.4. The highest BCUT2D eigenvalue weighted by molar-refractivity contribution is 5.93. The molecule has 1 aliphatic rings. The predicted octanol–water partition coefficient (Wildman–Crippen LogP) is 8.97. The molecule has 0 aliphatic carbocycles. The Morgan fingerprint density at radius 3 is 1.86 bits per heavy atom. The minimum atomic E-state index is -4.94. The highest BCUT2D eigenvalue weighted by Crippen LogP contribution is 2.39. The summed E-state index contributed by atoms with van der Waals surface area (Å²) in [7, 11) is 0. The third kappa shape index (κ3) is 7.00. The Hall–Kier alpha value is -4.08. The lowest BCUT2D eigenvalue weighted by Crippen LogP contribution is -2.39. The number of nitrogens with zero attached hydrogens (tertiary/aromatic N) is 3. The fraction of sp³-hybridized carbons (Fsp3) is 0.353. The fourth-order valence-corrected chi connectivity index (χ4v) is 5.57. The molecule has 0 N–H and O–H groups in total. The molecule has 3 aromatic carbocycles. The topological polar surface area (TPSA) is 38.1 Å². The summed E-state index contributed by atoms with van der Waals surface area (Å²) >= 11 is 0. The van der Waals surface area contributed by atoms with Crippen LogP contribution >= 0.6 is 0 Å². The Morgan fingerprint density at radius 2 is 1.34 bits per heavy atom. The van der Waals surface area contributed by atoms with Crippen molar-refractivity contribution in [3.63, 3.8) is 0 Å². The van der Waals surface area contributed by atoms with E-state index in [0.29, 0.717) is 42.5 Å². The Bertz CT molecular complexity index is 1570. The molecule has 0 spiro atoms. The van der Waals surface area contributed by atoms with Gasteiger partial charge in [0.2, 0.25) is 0 Å². The lowest BCUT2D eigenvalue weighted by atomic mass is 9.85. The van der Waals surface area contributed by atoms with Crippen LogP contribution in [-0.4, -0.2) is 33.4 Å². The first kappa shape index (κ1) is 31.3. The molecule has 4 aromatic rings. The molecule has 0 radical (unpaired) electrons.